The van der Waals surface area contributed by atoms with E-state index >= 15 is 0 Å². The molecule has 1 unspecified atom stereocenters. The van der Waals surface area contributed by atoms with Crippen LogP contribution in [-0.2, 0) is 11.2 Å². The predicted octanol–water partition coefficient (Wildman–Crippen LogP) is 2.61. The number of aryl methyl sites for hydroxylation is 2. The fourth-order valence-electron chi connectivity index (χ4n) is 3.26. The molecule has 1 aromatic heterocycles. The lowest BCUT2D eigenvalue weighted by Gasteiger charge is -2.19. The summed E-state index contributed by atoms with van der Waals surface area (Å²) in [6, 6.07) is 10.00. The van der Waals surface area contributed by atoms with Gasteiger partial charge in [0, 0.05) is 25.1 Å². The molecule has 3 rings (SSSR count). The van der Waals surface area contributed by atoms with Gasteiger partial charge in [-0.25, -0.2) is 4.98 Å². The Hall–Kier alpha value is -2.65. The quantitative estimate of drug-likeness (QED) is 0.808. The largest absolute Gasteiger partial charge is 0.441 e. The summed E-state index contributed by atoms with van der Waals surface area (Å²) in [5.74, 6) is 1.43. The number of nitrogens with one attached hydrogen (secondary N) is 1. The standard InChI is InChI=1S/C20H24N4O2/c1-14-5-3-6-16(11-14)20-23-18(15(2)26-20)8-9-22-13-19(25)24-10-4-7-17(24)12-21/h3,5-6,11,17,22H,4,7-10,13H2,1-2H3. The highest BCUT2D eigenvalue weighted by Crippen LogP contribution is 2.22. The van der Waals surface area contributed by atoms with Crippen molar-refractivity contribution in [1.29, 1.82) is 5.26 Å². The second-order valence-electron chi connectivity index (χ2n) is 6.69. The minimum absolute atomic E-state index is 0.00799. The van der Waals surface area contributed by atoms with Gasteiger partial charge in [-0.1, -0.05) is 17.7 Å². The molecule has 1 fully saturated rings. The normalized spacial score (nSPS) is 16.7. The zero-order valence-corrected chi connectivity index (χ0v) is 15.3. The van der Waals surface area contributed by atoms with Crippen molar-refractivity contribution in [1.82, 2.24) is 15.2 Å². The van der Waals surface area contributed by atoms with Gasteiger partial charge in [-0.2, -0.15) is 5.26 Å². The van der Waals surface area contributed by atoms with Crippen molar-refractivity contribution in [3.63, 3.8) is 0 Å². The molecule has 1 saturated heterocycles. The zero-order chi connectivity index (χ0) is 18.5. The lowest BCUT2D eigenvalue weighted by Crippen LogP contribution is -2.41. The summed E-state index contributed by atoms with van der Waals surface area (Å²) >= 11 is 0. The van der Waals surface area contributed by atoms with Gasteiger partial charge < -0.3 is 14.6 Å². The fourth-order valence-corrected chi connectivity index (χ4v) is 3.26. The molecule has 0 bridgehead atoms. The molecule has 1 aromatic carbocycles. The number of hydrogen-bond donors (Lipinski definition) is 1. The number of rotatable bonds is 6. The molecule has 6 heteroatoms. The van der Waals surface area contributed by atoms with Crippen LogP contribution in [0.3, 0.4) is 0 Å². The van der Waals surface area contributed by atoms with Gasteiger partial charge in [0.05, 0.1) is 18.3 Å². The molecule has 2 aromatic rings. The average molecular weight is 352 g/mol. The summed E-state index contributed by atoms with van der Waals surface area (Å²) in [5.41, 5.74) is 3.04. The van der Waals surface area contributed by atoms with Crippen molar-refractivity contribution in [2.24, 2.45) is 0 Å². The van der Waals surface area contributed by atoms with Gasteiger partial charge in [0.1, 0.15) is 11.8 Å². The van der Waals surface area contributed by atoms with Gasteiger partial charge in [0.15, 0.2) is 0 Å². The highest BCUT2D eigenvalue weighted by atomic mass is 16.4. The molecule has 1 aliphatic heterocycles. The molecule has 1 atom stereocenters. The highest BCUT2D eigenvalue weighted by Gasteiger charge is 2.27. The van der Waals surface area contributed by atoms with Crippen LogP contribution in [0.25, 0.3) is 11.5 Å². The topological polar surface area (TPSA) is 82.2 Å². The highest BCUT2D eigenvalue weighted by molar-refractivity contribution is 5.79. The Labute approximate surface area is 153 Å². The average Bonchev–Trinajstić information content (AvgIpc) is 3.25. The lowest BCUT2D eigenvalue weighted by molar-refractivity contribution is -0.130. The molecular formula is C20H24N4O2. The minimum Gasteiger partial charge on any atom is -0.441 e. The van der Waals surface area contributed by atoms with Gasteiger partial charge in [-0.3, -0.25) is 4.79 Å². The van der Waals surface area contributed by atoms with Crippen molar-refractivity contribution >= 4 is 5.91 Å². The second kappa shape index (κ2) is 8.15. The van der Waals surface area contributed by atoms with E-state index in [1.165, 1.54) is 0 Å². The van der Waals surface area contributed by atoms with Crippen LogP contribution in [0.1, 0.15) is 29.9 Å². The molecule has 136 valence electrons. The van der Waals surface area contributed by atoms with Crippen LogP contribution in [0, 0.1) is 25.2 Å². The monoisotopic (exact) mass is 352 g/mol. The Morgan fingerprint density at radius 2 is 2.31 bits per heavy atom. The van der Waals surface area contributed by atoms with Crippen LogP contribution in [-0.4, -0.2) is 41.5 Å². The molecule has 6 nitrogen and oxygen atoms in total. The Balaban J connectivity index is 1.51. The van der Waals surface area contributed by atoms with Gasteiger partial charge in [-0.05, 0) is 38.8 Å². The smallest absolute Gasteiger partial charge is 0.237 e. The predicted molar refractivity (Wildman–Crippen MR) is 98.3 cm³/mol. The summed E-state index contributed by atoms with van der Waals surface area (Å²) in [6.07, 6.45) is 2.38. The summed E-state index contributed by atoms with van der Waals surface area (Å²) in [5, 5.41) is 12.2. The number of hydrogen-bond acceptors (Lipinski definition) is 5. The van der Waals surface area contributed by atoms with Crippen molar-refractivity contribution in [3.05, 3.63) is 41.3 Å². The molecule has 1 amide bonds. The van der Waals surface area contributed by atoms with E-state index in [9.17, 15) is 4.79 Å². The minimum atomic E-state index is -0.265. The number of benzene rings is 1. The number of amides is 1. The number of carbonyl (C=O) groups excluding carboxylic acids is 1. The van der Waals surface area contributed by atoms with E-state index < -0.39 is 0 Å². The molecular weight excluding hydrogens is 328 g/mol. The number of nitrogens with zero attached hydrogens (tertiary/aromatic N) is 3. The lowest BCUT2D eigenvalue weighted by atomic mass is 10.1. The van der Waals surface area contributed by atoms with Crippen LogP contribution in [0.4, 0.5) is 0 Å². The Morgan fingerprint density at radius 1 is 1.46 bits per heavy atom. The number of oxazole rings is 1. The van der Waals surface area contributed by atoms with Crippen LogP contribution in [0.15, 0.2) is 28.7 Å². The summed E-state index contributed by atoms with van der Waals surface area (Å²) in [7, 11) is 0. The van der Waals surface area contributed by atoms with E-state index in [2.05, 4.69) is 16.4 Å². The molecule has 1 N–H and O–H groups in total. The Morgan fingerprint density at radius 3 is 3.08 bits per heavy atom. The van der Waals surface area contributed by atoms with Crippen LogP contribution < -0.4 is 5.32 Å². The number of nitriles is 1. The first kappa shape index (κ1) is 18.2. The van der Waals surface area contributed by atoms with E-state index in [0.29, 0.717) is 25.4 Å². The zero-order valence-electron chi connectivity index (χ0n) is 15.3. The van der Waals surface area contributed by atoms with E-state index in [0.717, 1.165) is 35.4 Å². The number of likely N-dealkylation sites (tertiary alicyclic amines) is 1. The third kappa shape index (κ3) is 4.12. The van der Waals surface area contributed by atoms with Gasteiger partial charge in [-0.15, -0.1) is 0 Å². The maximum absolute atomic E-state index is 12.2. The molecule has 1 aliphatic rings. The summed E-state index contributed by atoms with van der Waals surface area (Å²) in [6.45, 7) is 5.52. The second-order valence-corrected chi connectivity index (χ2v) is 6.69. The summed E-state index contributed by atoms with van der Waals surface area (Å²) in [4.78, 5) is 18.5. The van der Waals surface area contributed by atoms with E-state index in [-0.39, 0.29) is 18.5 Å². The first-order valence-electron chi connectivity index (χ1n) is 9.01. The van der Waals surface area contributed by atoms with Gasteiger partial charge >= 0.3 is 0 Å². The van der Waals surface area contributed by atoms with Crippen molar-refractivity contribution in [2.45, 2.75) is 39.2 Å². The third-order valence-electron chi connectivity index (χ3n) is 4.69. The van der Waals surface area contributed by atoms with E-state index in [1.54, 1.807) is 4.90 Å². The van der Waals surface area contributed by atoms with E-state index in [1.807, 2.05) is 38.1 Å². The molecule has 2 heterocycles. The van der Waals surface area contributed by atoms with Crippen LogP contribution in [0.5, 0.6) is 0 Å². The number of aromatic nitrogens is 1. The molecule has 0 radical (unpaired) electrons. The third-order valence-corrected chi connectivity index (χ3v) is 4.69. The van der Waals surface area contributed by atoms with Crippen molar-refractivity contribution in [2.75, 3.05) is 19.6 Å². The SMILES string of the molecule is Cc1cccc(-c2nc(CCNCC(=O)N3CCCC3C#N)c(C)o2)c1. The fraction of sp³-hybridized carbons (Fsp3) is 0.450. The summed E-state index contributed by atoms with van der Waals surface area (Å²) < 4.78 is 5.79. The van der Waals surface area contributed by atoms with Crippen LogP contribution >= 0.6 is 0 Å². The first-order chi connectivity index (χ1) is 12.6. The Bertz CT molecular complexity index is 821. The van der Waals surface area contributed by atoms with Gasteiger partial charge in [0.25, 0.3) is 0 Å². The van der Waals surface area contributed by atoms with Crippen molar-refractivity contribution in [3.8, 4) is 17.5 Å². The molecule has 0 aliphatic carbocycles. The Kier molecular flexibility index (Phi) is 5.69. The molecule has 26 heavy (non-hydrogen) atoms. The van der Waals surface area contributed by atoms with Gasteiger partial charge in [0.2, 0.25) is 11.8 Å². The number of carbonyl (C=O) groups is 1. The van der Waals surface area contributed by atoms with E-state index in [4.69, 9.17) is 9.68 Å². The van der Waals surface area contributed by atoms with Crippen molar-refractivity contribution < 1.29 is 9.21 Å². The first-order valence-corrected chi connectivity index (χ1v) is 9.01. The maximum Gasteiger partial charge on any atom is 0.237 e. The maximum atomic E-state index is 12.2. The molecule has 0 saturated carbocycles. The van der Waals surface area contributed by atoms with Crippen LogP contribution in [0.2, 0.25) is 0 Å². The molecule has 0 spiro atoms.